The highest BCUT2D eigenvalue weighted by molar-refractivity contribution is 9.09. The third kappa shape index (κ3) is 3.53. The Kier molecular flexibility index (Phi) is 4.93. The number of imidazole rings is 1. The maximum Gasteiger partial charge on any atom is 0.418 e. The van der Waals surface area contributed by atoms with E-state index in [2.05, 4.69) is 20.9 Å². The molecular weight excluding hydrogens is 427 g/mol. The molecule has 1 aliphatic rings. The fourth-order valence-corrected chi connectivity index (χ4v) is 3.50. The number of aliphatic hydroxyl groups is 1. The quantitative estimate of drug-likeness (QED) is 0.531. The molecule has 2 aromatic rings. The van der Waals surface area contributed by atoms with Crippen molar-refractivity contribution in [2.45, 2.75) is 44.0 Å². The highest BCUT2D eigenvalue weighted by Gasteiger charge is 2.44. The molecule has 1 heterocycles. The number of aromatic nitrogens is 2. The van der Waals surface area contributed by atoms with E-state index >= 15 is 0 Å². The van der Waals surface area contributed by atoms with Gasteiger partial charge in [-0.25, -0.2) is 13.8 Å². The minimum atomic E-state index is -4.77. The first-order valence-corrected chi connectivity index (χ1v) is 8.98. The van der Waals surface area contributed by atoms with Gasteiger partial charge >= 0.3 is 6.18 Å². The Morgan fingerprint density at radius 3 is 2.54 bits per heavy atom. The normalized spacial score (nSPS) is 23.5. The van der Waals surface area contributed by atoms with E-state index < -0.39 is 41.1 Å². The molecule has 1 saturated carbocycles. The third-order valence-electron chi connectivity index (χ3n) is 4.35. The maximum atomic E-state index is 13.6. The van der Waals surface area contributed by atoms with Crippen molar-refractivity contribution in [1.82, 2.24) is 9.55 Å². The molecule has 3 rings (SSSR count). The van der Waals surface area contributed by atoms with Gasteiger partial charge in [-0.2, -0.15) is 13.2 Å². The maximum absolute atomic E-state index is 13.6. The van der Waals surface area contributed by atoms with Crippen molar-refractivity contribution in [2.75, 3.05) is 11.9 Å². The fraction of sp³-hybridized carbons (Fsp3) is 0.562. The summed E-state index contributed by atoms with van der Waals surface area (Å²) < 4.78 is 73.9. The van der Waals surface area contributed by atoms with E-state index in [9.17, 15) is 27.1 Å². The van der Waals surface area contributed by atoms with Crippen molar-refractivity contribution >= 4 is 27.0 Å². The van der Waals surface area contributed by atoms with E-state index in [0.29, 0.717) is 5.33 Å². The van der Waals surface area contributed by atoms with Gasteiger partial charge in [0.15, 0.2) is 5.82 Å². The molecule has 1 fully saturated rings. The van der Waals surface area contributed by atoms with Crippen molar-refractivity contribution in [2.24, 2.45) is 0 Å². The first-order valence-electron chi connectivity index (χ1n) is 7.86. The average molecular weight is 443 g/mol. The van der Waals surface area contributed by atoms with Crippen LogP contribution >= 0.6 is 15.9 Å². The van der Waals surface area contributed by atoms with Crippen molar-refractivity contribution < 1.29 is 31.8 Å². The van der Waals surface area contributed by atoms with Crippen LogP contribution in [0.25, 0.3) is 11.0 Å². The highest BCUT2D eigenvalue weighted by atomic mass is 79.9. The van der Waals surface area contributed by atoms with Crippen LogP contribution in [0.3, 0.4) is 0 Å². The Morgan fingerprint density at radius 1 is 1.38 bits per heavy atom. The van der Waals surface area contributed by atoms with E-state index in [0.717, 1.165) is 10.6 Å². The lowest BCUT2D eigenvalue weighted by Crippen LogP contribution is -2.42. The van der Waals surface area contributed by atoms with E-state index in [1.165, 1.54) is 13.0 Å². The average Bonchev–Trinajstić information content (AvgIpc) is 2.87. The minimum Gasteiger partial charge on any atom is -0.493 e. The number of halogens is 6. The highest BCUT2D eigenvalue weighted by Crippen LogP contribution is 2.47. The van der Waals surface area contributed by atoms with Crippen LogP contribution in [0.4, 0.5) is 22.0 Å². The van der Waals surface area contributed by atoms with Gasteiger partial charge in [0.05, 0.1) is 28.8 Å². The SMILES string of the molecule is CC1(O)CC(n2c(C(F)F)nc3cc(OCCBr)cc(C(F)(F)F)c32)C1. The zero-order chi connectivity index (χ0) is 19.3. The predicted octanol–water partition coefficient (Wildman–Crippen LogP) is 4.85. The second-order valence-corrected chi connectivity index (χ2v) is 7.37. The summed E-state index contributed by atoms with van der Waals surface area (Å²) in [7, 11) is 0. The molecule has 26 heavy (non-hydrogen) atoms. The van der Waals surface area contributed by atoms with Gasteiger partial charge in [0.25, 0.3) is 6.43 Å². The summed E-state index contributed by atoms with van der Waals surface area (Å²) in [4.78, 5) is 3.75. The molecule has 0 aliphatic heterocycles. The Morgan fingerprint density at radius 2 is 2.04 bits per heavy atom. The van der Waals surface area contributed by atoms with Gasteiger partial charge in [-0.05, 0) is 25.8 Å². The van der Waals surface area contributed by atoms with Crippen LogP contribution in [-0.2, 0) is 6.18 Å². The van der Waals surface area contributed by atoms with Gasteiger partial charge in [0.1, 0.15) is 5.75 Å². The van der Waals surface area contributed by atoms with Crippen LogP contribution in [0, 0.1) is 0 Å². The molecule has 1 aliphatic carbocycles. The summed E-state index contributed by atoms with van der Waals surface area (Å²) in [5.74, 6) is -0.820. The number of nitrogens with zero attached hydrogens (tertiary/aromatic N) is 2. The van der Waals surface area contributed by atoms with Crippen LogP contribution in [0.1, 0.15) is 43.6 Å². The van der Waals surface area contributed by atoms with E-state index in [-0.39, 0.29) is 30.7 Å². The van der Waals surface area contributed by atoms with Crippen LogP contribution in [0.5, 0.6) is 5.75 Å². The standard InChI is InChI=1S/C16H16BrF5N2O2/c1-15(25)6-8(7-15)24-12-10(16(20,21)22)4-9(26-3-2-17)5-11(12)23-14(24)13(18)19/h4-5,8,13,25H,2-3,6-7H2,1H3. The number of hydrogen-bond donors (Lipinski definition) is 1. The zero-order valence-corrected chi connectivity index (χ0v) is 15.2. The molecule has 0 radical (unpaired) electrons. The summed E-state index contributed by atoms with van der Waals surface area (Å²) in [5.41, 5.74) is -2.77. The molecular formula is C16H16BrF5N2O2. The van der Waals surface area contributed by atoms with Crippen LogP contribution in [0.2, 0.25) is 0 Å². The molecule has 144 valence electrons. The molecule has 0 spiro atoms. The number of benzene rings is 1. The number of alkyl halides is 6. The Balaban J connectivity index is 2.22. The van der Waals surface area contributed by atoms with Gasteiger partial charge in [-0.15, -0.1) is 0 Å². The molecule has 0 bridgehead atoms. The second-order valence-electron chi connectivity index (χ2n) is 6.57. The van der Waals surface area contributed by atoms with Crippen LogP contribution in [0.15, 0.2) is 12.1 Å². The number of ether oxygens (including phenoxy) is 1. The van der Waals surface area contributed by atoms with Crippen LogP contribution in [-0.4, -0.2) is 32.2 Å². The summed E-state index contributed by atoms with van der Waals surface area (Å²) >= 11 is 3.11. The summed E-state index contributed by atoms with van der Waals surface area (Å²) in [6, 6.07) is 1.36. The second kappa shape index (κ2) is 6.63. The first kappa shape index (κ1) is 19.3. The lowest BCUT2D eigenvalue weighted by Gasteiger charge is -2.42. The number of hydrogen-bond acceptors (Lipinski definition) is 3. The van der Waals surface area contributed by atoms with Gasteiger partial charge in [0.2, 0.25) is 0 Å². The molecule has 1 aromatic carbocycles. The fourth-order valence-electron chi connectivity index (χ4n) is 3.34. The molecule has 4 nitrogen and oxygen atoms in total. The third-order valence-corrected chi connectivity index (χ3v) is 4.67. The van der Waals surface area contributed by atoms with Gasteiger partial charge in [0, 0.05) is 17.4 Å². The summed E-state index contributed by atoms with van der Waals surface area (Å²) in [6.45, 7) is 1.64. The summed E-state index contributed by atoms with van der Waals surface area (Å²) in [5, 5.41) is 10.3. The van der Waals surface area contributed by atoms with Gasteiger partial charge < -0.3 is 14.4 Å². The van der Waals surface area contributed by atoms with Crippen LogP contribution < -0.4 is 4.74 Å². The molecule has 0 saturated heterocycles. The van der Waals surface area contributed by atoms with E-state index in [1.54, 1.807) is 0 Å². The molecule has 10 heteroatoms. The molecule has 0 amide bonds. The topological polar surface area (TPSA) is 47.3 Å². The van der Waals surface area contributed by atoms with Gasteiger partial charge in [-0.1, -0.05) is 15.9 Å². The minimum absolute atomic E-state index is 0.0807. The monoisotopic (exact) mass is 442 g/mol. The molecule has 1 aromatic heterocycles. The molecule has 1 N–H and O–H groups in total. The number of fused-ring (bicyclic) bond motifs is 1. The zero-order valence-electron chi connectivity index (χ0n) is 13.7. The lowest BCUT2D eigenvalue weighted by atomic mass is 9.77. The Labute approximate surface area is 154 Å². The molecule has 0 unspecified atom stereocenters. The Hall–Kier alpha value is -1.42. The lowest BCUT2D eigenvalue weighted by molar-refractivity contribution is -0.136. The van der Waals surface area contributed by atoms with E-state index in [1.807, 2.05) is 0 Å². The number of rotatable bonds is 5. The first-order chi connectivity index (χ1) is 12.0. The smallest absolute Gasteiger partial charge is 0.418 e. The van der Waals surface area contributed by atoms with Crippen molar-refractivity contribution in [3.05, 3.63) is 23.5 Å². The Bertz CT molecular complexity index is 811. The van der Waals surface area contributed by atoms with E-state index in [4.69, 9.17) is 4.74 Å². The van der Waals surface area contributed by atoms with Gasteiger partial charge in [-0.3, -0.25) is 0 Å². The van der Waals surface area contributed by atoms with Crippen molar-refractivity contribution in [3.8, 4) is 5.75 Å². The van der Waals surface area contributed by atoms with Crippen molar-refractivity contribution in [1.29, 1.82) is 0 Å². The summed E-state index contributed by atoms with van der Waals surface area (Å²) in [6.07, 6.45) is -7.65. The molecule has 0 atom stereocenters. The largest absolute Gasteiger partial charge is 0.493 e. The predicted molar refractivity (Wildman–Crippen MR) is 87.9 cm³/mol. The van der Waals surface area contributed by atoms with Crippen molar-refractivity contribution in [3.63, 3.8) is 0 Å².